The minimum absolute atomic E-state index is 0.670. The van der Waals surface area contributed by atoms with Crippen LogP contribution in [0.2, 0.25) is 5.02 Å². The summed E-state index contributed by atoms with van der Waals surface area (Å²) < 4.78 is 5.29. The minimum Gasteiger partial charge on any atom is -0.496 e. The first kappa shape index (κ1) is 12.1. The van der Waals surface area contributed by atoms with Gasteiger partial charge in [-0.15, -0.1) is 0 Å². The number of halogens is 1. The van der Waals surface area contributed by atoms with Crippen LogP contribution in [0.1, 0.15) is 0 Å². The highest BCUT2D eigenvalue weighted by Gasteiger charge is 2.05. The molecular weight excluding hydrogens is 254 g/mol. The van der Waals surface area contributed by atoms with Gasteiger partial charge in [0, 0.05) is 15.6 Å². The SMILES string of the molecule is COc1cc(Cl)ccc1Sc1ccc(N)cc1. The number of anilines is 1. The summed E-state index contributed by atoms with van der Waals surface area (Å²) in [5.41, 5.74) is 6.41. The van der Waals surface area contributed by atoms with Crippen molar-refractivity contribution < 1.29 is 4.74 Å². The van der Waals surface area contributed by atoms with Crippen LogP contribution in [0.25, 0.3) is 0 Å². The standard InChI is InChI=1S/C13H12ClNOS/c1-16-12-8-9(14)2-7-13(12)17-11-5-3-10(15)4-6-11/h2-8H,15H2,1H3. The molecule has 2 aromatic carbocycles. The Morgan fingerprint density at radius 2 is 1.82 bits per heavy atom. The highest BCUT2D eigenvalue weighted by atomic mass is 35.5. The van der Waals surface area contributed by atoms with Gasteiger partial charge in [0.15, 0.2) is 0 Å². The number of nitrogen functional groups attached to an aromatic ring is 1. The summed E-state index contributed by atoms with van der Waals surface area (Å²) in [6.07, 6.45) is 0. The van der Waals surface area contributed by atoms with Gasteiger partial charge in [-0.2, -0.15) is 0 Å². The molecule has 0 saturated carbocycles. The minimum atomic E-state index is 0.670. The molecule has 0 aliphatic carbocycles. The number of hydrogen-bond donors (Lipinski definition) is 1. The van der Waals surface area contributed by atoms with Crippen molar-refractivity contribution in [1.29, 1.82) is 0 Å². The third kappa shape index (κ3) is 3.08. The van der Waals surface area contributed by atoms with Gasteiger partial charge in [0.1, 0.15) is 5.75 Å². The third-order valence-corrected chi connectivity index (χ3v) is 3.53. The Hall–Kier alpha value is -1.32. The lowest BCUT2D eigenvalue weighted by Crippen LogP contribution is -1.86. The Bertz CT molecular complexity index is 513. The van der Waals surface area contributed by atoms with E-state index >= 15 is 0 Å². The molecule has 0 heterocycles. The Labute approximate surface area is 110 Å². The van der Waals surface area contributed by atoms with E-state index in [9.17, 15) is 0 Å². The van der Waals surface area contributed by atoms with Crippen molar-refractivity contribution in [3.8, 4) is 5.75 Å². The molecule has 0 fully saturated rings. The molecule has 0 aliphatic rings. The normalized spacial score (nSPS) is 10.2. The van der Waals surface area contributed by atoms with Crippen molar-refractivity contribution in [2.24, 2.45) is 0 Å². The van der Waals surface area contributed by atoms with Gasteiger partial charge in [0.2, 0.25) is 0 Å². The van der Waals surface area contributed by atoms with Gasteiger partial charge in [-0.05, 0) is 42.5 Å². The van der Waals surface area contributed by atoms with Crippen LogP contribution < -0.4 is 10.5 Å². The lowest BCUT2D eigenvalue weighted by atomic mass is 10.3. The van der Waals surface area contributed by atoms with Crippen molar-refractivity contribution in [3.05, 3.63) is 47.5 Å². The Kier molecular flexibility index (Phi) is 3.82. The second kappa shape index (κ2) is 5.34. The molecule has 0 bridgehead atoms. The zero-order chi connectivity index (χ0) is 12.3. The van der Waals surface area contributed by atoms with Gasteiger partial charge in [-0.25, -0.2) is 0 Å². The summed E-state index contributed by atoms with van der Waals surface area (Å²) >= 11 is 7.53. The molecule has 2 aromatic rings. The molecule has 2 rings (SSSR count). The highest BCUT2D eigenvalue weighted by molar-refractivity contribution is 7.99. The van der Waals surface area contributed by atoms with Crippen LogP contribution in [0.15, 0.2) is 52.3 Å². The maximum Gasteiger partial charge on any atom is 0.134 e. The fourth-order valence-electron chi connectivity index (χ4n) is 1.39. The van der Waals surface area contributed by atoms with E-state index in [0.29, 0.717) is 5.02 Å². The highest BCUT2D eigenvalue weighted by Crippen LogP contribution is 2.36. The first-order chi connectivity index (χ1) is 8.19. The van der Waals surface area contributed by atoms with E-state index < -0.39 is 0 Å². The van der Waals surface area contributed by atoms with Crippen molar-refractivity contribution in [1.82, 2.24) is 0 Å². The first-order valence-corrected chi connectivity index (χ1v) is 6.25. The number of nitrogens with two attached hydrogens (primary N) is 1. The molecule has 0 unspecified atom stereocenters. The van der Waals surface area contributed by atoms with Gasteiger partial charge < -0.3 is 10.5 Å². The smallest absolute Gasteiger partial charge is 0.134 e. The van der Waals surface area contributed by atoms with Gasteiger partial charge in [0.05, 0.1) is 12.0 Å². The van der Waals surface area contributed by atoms with Crippen LogP contribution in [0.5, 0.6) is 5.75 Å². The number of benzene rings is 2. The van der Waals surface area contributed by atoms with Crippen LogP contribution in [0.3, 0.4) is 0 Å². The molecule has 0 amide bonds. The summed E-state index contributed by atoms with van der Waals surface area (Å²) in [6.45, 7) is 0. The van der Waals surface area contributed by atoms with Crippen molar-refractivity contribution in [2.75, 3.05) is 12.8 Å². The van der Waals surface area contributed by atoms with Gasteiger partial charge in [-0.1, -0.05) is 23.4 Å². The molecule has 0 atom stereocenters. The zero-order valence-corrected chi connectivity index (χ0v) is 10.9. The summed E-state index contributed by atoms with van der Waals surface area (Å²) in [5, 5.41) is 0.670. The van der Waals surface area contributed by atoms with Crippen LogP contribution in [0.4, 0.5) is 5.69 Å². The average molecular weight is 266 g/mol. The number of methoxy groups -OCH3 is 1. The van der Waals surface area contributed by atoms with Crippen molar-refractivity contribution in [3.63, 3.8) is 0 Å². The molecule has 17 heavy (non-hydrogen) atoms. The fourth-order valence-corrected chi connectivity index (χ4v) is 2.46. The summed E-state index contributed by atoms with van der Waals surface area (Å²) in [7, 11) is 1.64. The molecule has 0 radical (unpaired) electrons. The third-order valence-electron chi connectivity index (χ3n) is 2.23. The number of ether oxygens (including phenoxy) is 1. The Balaban J connectivity index is 2.26. The van der Waals surface area contributed by atoms with Gasteiger partial charge in [0.25, 0.3) is 0 Å². The topological polar surface area (TPSA) is 35.2 Å². The molecule has 4 heteroatoms. The first-order valence-electron chi connectivity index (χ1n) is 5.06. The maximum absolute atomic E-state index is 5.91. The largest absolute Gasteiger partial charge is 0.496 e. The maximum atomic E-state index is 5.91. The predicted molar refractivity (Wildman–Crippen MR) is 73.0 cm³/mol. The second-order valence-corrected chi connectivity index (χ2v) is 5.02. The molecule has 2 N–H and O–H groups in total. The monoisotopic (exact) mass is 265 g/mol. The van der Waals surface area contributed by atoms with Crippen LogP contribution in [-0.4, -0.2) is 7.11 Å². The molecule has 0 spiro atoms. The fraction of sp³-hybridized carbons (Fsp3) is 0.0769. The van der Waals surface area contributed by atoms with Crippen molar-refractivity contribution in [2.45, 2.75) is 9.79 Å². The molecule has 0 aliphatic heterocycles. The van der Waals surface area contributed by atoms with E-state index in [0.717, 1.165) is 21.2 Å². The van der Waals surface area contributed by atoms with Crippen LogP contribution >= 0.6 is 23.4 Å². The van der Waals surface area contributed by atoms with Gasteiger partial charge >= 0.3 is 0 Å². The van der Waals surface area contributed by atoms with Gasteiger partial charge in [-0.3, -0.25) is 0 Å². The zero-order valence-electron chi connectivity index (χ0n) is 9.31. The molecule has 0 aromatic heterocycles. The van der Waals surface area contributed by atoms with E-state index in [-0.39, 0.29) is 0 Å². The molecule has 0 saturated heterocycles. The molecule has 88 valence electrons. The summed E-state index contributed by atoms with van der Waals surface area (Å²) in [4.78, 5) is 2.14. The lowest BCUT2D eigenvalue weighted by Gasteiger charge is -2.08. The number of hydrogen-bond acceptors (Lipinski definition) is 3. The number of rotatable bonds is 3. The van der Waals surface area contributed by atoms with E-state index in [2.05, 4.69) is 0 Å². The van der Waals surface area contributed by atoms with Crippen LogP contribution in [-0.2, 0) is 0 Å². The van der Waals surface area contributed by atoms with E-state index in [1.165, 1.54) is 0 Å². The molecular formula is C13H12ClNOS. The molecule has 2 nitrogen and oxygen atoms in total. The van der Waals surface area contributed by atoms with E-state index in [1.807, 2.05) is 36.4 Å². The lowest BCUT2D eigenvalue weighted by molar-refractivity contribution is 0.405. The average Bonchev–Trinajstić information content (AvgIpc) is 2.34. The summed E-state index contributed by atoms with van der Waals surface area (Å²) in [5.74, 6) is 0.777. The Morgan fingerprint density at radius 3 is 2.47 bits per heavy atom. The Morgan fingerprint density at radius 1 is 1.12 bits per heavy atom. The summed E-state index contributed by atoms with van der Waals surface area (Å²) in [6, 6.07) is 13.3. The van der Waals surface area contributed by atoms with Crippen LogP contribution in [0, 0.1) is 0 Å². The van der Waals surface area contributed by atoms with E-state index in [4.69, 9.17) is 22.1 Å². The predicted octanol–water partition coefficient (Wildman–Crippen LogP) is 4.08. The quantitative estimate of drug-likeness (QED) is 0.850. The second-order valence-electron chi connectivity index (χ2n) is 3.47. The van der Waals surface area contributed by atoms with Crippen molar-refractivity contribution >= 4 is 29.1 Å². The van der Waals surface area contributed by atoms with E-state index in [1.54, 1.807) is 24.9 Å².